The van der Waals surface area contributed by atoms with Crippen LogP contribution in [-0.4, -0.2) is 69.8 Å². The van der Waals surface area contributed by atoms with Crippen LogP contribution in [0.3, 0.4) is 0 Å². The van der Waals surface area contributed by atoms with Crippen molar-refractivity contribution in [2.45, 2.75) is 37.5 Å². The lowest BCUT2D eigenvalue weighted by molar-refractivity contribution is -0.131. The van der Waals surface area contributed by atoms with E-state index in [-0.39, 0.29) is 42.5 Å². The Morgan fingerprint density at radius 1 is 0.695 bits per heavy atom. The first kappa shape index (κ1) is 42.3. The first-order valence-corrected chi connectivity index (χ1v) is 18.9. The lowest BCUT2D eigenvalue weighted by Gasteiger charge is -2.38. The monoisotopic (exact) mass is 836 g/mol. The molecule has 4 aromatic heterocycles. The molecule has 0 atom stereocenters. The largest absolute Gasteiger partial charge is 0.478 e. The van der Waals surface area contributed by atoms with Crippen molar-refractivity contribution >= 4 is 94.2 Å². The highest BCUT2D eigenvalue weighted by Crippen LogP contribution is 2.34. The molecule has 13 nitrogen and oxygen atoms in total. The maximum absolute atomic E-state index is 12.4. The number of carboxylic acid groups (broad SMARTS) is 1. The second kappa shape index (κ2) is 19.0. The number of halogens is 2. The number of rotatable bonds is 6. The van der Waals surface area contributed by atoms with Crippen molar-refractivity contribution in [1.82, 2.24) is 20.2 Å². The number of nitrogens with one attached hydrogen (secondary N) is 3. The standard InChI is InChI=1S/C22H19N3O3.C11H10N2O3.C11H11NO.2ClH/c26-20-7-6-15-9-14(10-23-22(15)24-20)5-8-21(27)25-11-16(12-25)18-13-28-19-4-2-1-3-17(18)19;14-9-3-2-8-5-7(1-4-10(15)16)6-12-11(8)13-9;1-2-4-11-9(3-1)10(7-13-11)8-5-12-6-8;;/h1-5,8-10,13,16H,6-7,11-12H2,(H,23,24,26);1,4-6H,2-3H2,(H,15,16)(H,12,13,14);1-4,7-8,12H,5-6H2;2*1H/b8-5+;4-1+;;;. The van der Waals surface area contributed by atoms with Gasteiger partial charge in [-0.1, -0.05) is 36.4 Å². The summed E-state index contributed by atoms with van der Waals surface area (Å²) in [5, 5.41) is 19.6. The van der Waals surface area contributed by atoms with E-state index in [1.807, 2.05) is 59.9 Å². The van der Waals surface area contributed by atoms with E-state index < -0.39 is 5.97 Å². The number of aliphatic carboxylic acids is 1. The number of carbonyl (C=O) groups excluding carboxylic acids is 3. The highest BCUT2D eigenvalue weighted by molar-refractivity contribution is 5.95. The number of carboxylic acids is 1. The minimum atomic E-state index is -0.994. The molecule has 8 heterocycles. The number of anilines is 2. The Morgan fingerprint density at radius 3 is 1.68 bits per heavy atom. The summed E-state index contributed by atoms with van der Waals surface area (Å²) in [6.45, 7) is 3.56. The zero-order valence-electron chi connectivity index (χ0n) is 31.8. The number of nitrogens with zero attached hydrogens (tertiary/aromatic N) is 3. The first-order chi connectivity index (χ1) is 27.8. The van der Waals surface area contributed by atoms with Crippen LogP contribution in [0.1, 0.15) is 58.1 Å². The van der Waals surface area contributed by atoms with E-state index >= 15 is 0 Å². The van der Waals surface area contributed by atoms with Gasteiger partial charge in [-0.2, -0.15) is 0 Å². The van der Waals surface area contributed by atoms with Gasteiger partial charge in [-0.05, 0) is 71.5 Å². The molecule has 4 aliphatic heterocycles. The lowest BCUT2D eigenvalue weighted by atomic mass is 9.91. The summed E-state index contributed by atoms with van der Waals surface area (Å²) in [5.74, 6) is 1.13. The highest BCUT2D eigenvalue weighted by Gasteiger charge is 2.32. The van der Waals surface area contributed by atoms with Gasteiger partial charge in [0.25, 0.3) is 0 Å². The Bertz CT molecular complexity index is 2560. The van der Waals surface area contributed by atoms with Crippen molar-refractivity contribution in [3.05, 3.63) is 131 Å². The molecule has 2 fully saturated rings. The molecule has 10 rings (SSSR count). The lowest BCUT2D eigenvalue weighted by Crippen LogP contribution is -2.47. The van der Waals surface area contributed by atoms with Crippen molar-refractivity contribution in [1.29, 1.82) is 0 Å². The van der Waals surface area contributed by atoms with Gasteiger partial charge in [0.1, 0.15) is 22.8 Å². The number of hydrogen-bond donors (Lipinski definition) is 4. The molecule has 2 aromatic carbocycles. The Labute approximate surface area is 351 Å². The fraction of sp³-hybridized carbons (Fsp3) is 0.227. The molecule has 0 saturated carbocycles. The number of para-hydroxylation sites is 2. The van der Waals surface area contributed by atoms with Crippen LogP contribution in [-0.2, 0) is 32.0 Å². The summed E-state index contributed by atoms with van der Waals surface area (Å²) in [4.78, 5) is 55.5. The predicted molar refractivity (Wildman–Crippen MR) is 230 cm³/mol. The average Bonchev–Trinajstić information content (AvgIpc) is 3.80. The zero-order valence-corrected chi connectivity index (χ0v) is 33.4. The van der Waals surface area contributed by atoms with Crippen LogP contribution >= 0.6 is 24.8 Å². The molecular weight excluding hydrogens is 795 g/mol. The first-order valence-electron chi connectivity index (χ1n) is 18.9. The smallest absolute Gasteiger partial charge is 0.328 e. The molecule has 4 aliphatic rings. The number of fused-ring (bicyclic) bond motifs is 4. The molecular formula is C44H42Cl2N6O7. The molecule has 4 N–H and O–H groups in total. The van der Waals surface area contributed by atoms with Gasteiger partial charge in [-0.15, -0.1) is 24.8 Å². The zero-order chi connectivity index (χ0) is 39.3. The summed E-state index contributed by atoms with van der Waals surface area (Å²) in [6.07, 6.45) is 15.1. The van der Waals surface area contributed by atoms with Crippen LogP contribution in [0.4, 0.5) is 11.6 Å². The van der Waals surface area contributed by atoms with E-state index in [9.17, 15) is 19.2 Å². The van der Waals surface area contributed by atoms with Gasteiger partial charge in [0.15, 0.2) is 0 Å². The van der Waals surface area contributed by atoms with Gasteiger partial charge in [-0.25, -0.2) is 14.8 Å². The Kier molecular flexibility index (Phi) is 13.6. The molecule has 0 unspecified atom stereocenters. The van der Waals surface area contributed by atoms with Crippen molar-refractivity contribution < 1.29 is 33.1 Å². The summed E-state index contributed by atoms with van der Waals surface area (Å²) < 4.78 is 11.1. The number of carbonyl (C=O) groups is 4. The molecule has 6 aromatic rings. The van der Waals surface area contributed by atoms with Gasteiger partial charge in [0.2, 0.25) is 17.7 Å². The van der Waals surface area contributed by atoms with Crippen molar-refractivity contribution in [3.63, 3.8) is 0 Å². The third kappa shape index (κ3) is 9.89. The average molecular weight is 838 g/mol. The van der Waals surface area contributed by atoms with Gasteiger partial charge in [-0.3, -0.25) is 14.4 Å². The molecule has 3 amide bonds. The second-order valence-electron chi connectivity index (χ2n) is 14.3. The van der Waals surface area contributed by atoms with E-state index in [0.29, 0.717) is 62.2 Å². The summed E-state index contributed by atoms with van der Waals surface area (Å²) in [5.41, 5.74) is 7.94. The third-order valence-corrected chi connectivity index (χ3v) is 10.4. The molecule has 15 heteroatoms. The molecule has 0 aliphatic carbocycles. The minimum absolute atomic E-state index is 0. The van der Waals surface area contributed by atoms with E-state index in [4.69, 9.17) is 13.9 Å². The van der Waals surface area contributed by atoms with Crippen LogP contribution in [0.15, 0.2) is 107 Å². The van der Waals surface area contributed by atoms with E-state index in [2.05, 4.69) is 44.1 Å². The fourth-order valence-electron chi connectivity index (χ4n) is 7.16. The van der Waals surface area contributed by atoms with Crippen LogP contribution in [0, 0.1) is 0 Å². The van der Waals surface area contributed by atoms with Crippen molar-refractivity contribution in [2.75, 3.05) is 36.8 Å². The normalized spacial score (nSPS) is 15.8. The fourth-order valence-corrected chi connectivity index (χ4v) is 7.16. The number of benzene rings is 2. The van der Waals surface area contributed by atoms with Crippen LogP contribution in [0.25, 0.3) is 34.1 Å². The Morgan fingerprint density at radius 2 is 1.19 bits per heavy atom. The minimum Gasteiger partial charge on any atom is -0.478 e. The molecule has 0 radical (unpaired) electrons. The van der Waals surface area contributed by atoms with Crippen LogP contribution in [0.5, 0.6) is 0 Å². The van der Waals surface area contributed by atoms with Gasteiger partial charge in [0.05, 0.1) is 12.5 Å². The number of pyridine rings is 2. The highest BCUT2D eigenvalue weighted by atomic mass is 35.5. The van der Waals surface area contributed by atoms with Gasteiger partial charge < -0.3 is 34.8 Å². The SMILES string of the molecule is Cl.Cl.O=C(O)/C=C/c1cnc2c(c1)CCC(=O)N2.O=C1CCc2cc(/C=C/C(=O)N3CC(c4coc5ccccc45)C3)cnc2N1.c1ccc2c(C3CNC3)coc2c1. The van der Waals surface area contributed by atoms with E-state index in [1.54, 1.807) is 18.3 Å². The molecule has 0 bridgehead atoms. The Balaban J connectivity index is 0.000000160. The quantitative estimate of drug-likeness (QED) is 0.124. The predicted octanol–water partition coefficient (Wildman–Crippen LogP) is 7.38. The molecule has 304 valence electrons. The summed E-state index contributed by atoms with van der Waals surface area (Å²) in [7, 11) is 0. The maximum Gasteiger partial charge on any atom is 0.328 e. The summed E-state index contributed by atoms with van der Waals surface area (Å²) >= 11 is 0. The number of amides is 3. The summed E-state index contributed by atoms with van der Waals surface area (Å²) in [6, 6.07) is 20.0. The number of furan rings is 2. The number of likely N-dealkylation sites (tertiary alicyclic amines) is 1. The van der Waals surface area contributed by atoms with E-state index in [1.165, 1.54) is 28.8 Å². The number of aryl methyl sites for hydroxylation is 2. The third-order valence-electron chi connectivity index (χ3n) is 10.4. The topological polar surface area (TPSA) is 180 Å². The molecule has 0 spiro atoms. The Hall–Kier alpha value is -6.28. The van der Waals surface area contributed by atoms with Crippen molar-refractivity contribution in [2.24, 2.45) is 0 Å². The number of hydrogen-bond acceptors (Lipinski definition) is 9. The van der Waals surface area contributed by atoms with Crippen LogP contribution in [0.2, 0.25) is 0 Å². The van der Waals surface area contributed by atoms with Crippen molar-refractivity contribution in [3.8, 4) is 0 Å². The van der Waals surface area contributed by atoms with Gasteiger partial charge >= 0.3 is 5.97 Å². The maximum atomic E-state index is 12.4. The number of aromatic nitrogens is 2. The second-order valence-corrected chi connectivity index (χ2v) is 14.3. The van der Waals surface area contributed by atoms with E-state index in [0.717, 1.165) is 58.0 Å². The van der Waals surface area contributed by atoms with Gasteiger partial charge in [0, 0.05) is 97.3 Å². The molecule has 59 heavy (non-hydrogen) atoms. The van der Waals surface area contributed by atoms with Crippen LogP contribution < -0.4 is 16.0 Å². The molecule has 2 saturated heterocycles.